The Morgan fingerprint density at radius 1 is 0.966 bits per heavy atom. The Hall–Kier alpha value is -4.00. The van der Waals surface area contributed by atoms with Gasteiger partial charge >= 0.3 is 5.95 Å². The number of carbonyl (C=O) groups is 1. The molecule has 0 bridgehead atoms. The van der Waals surface area contributed by atoms with Gasteiger partial charge in [0.05, 0.1) is 11.5 Å². The summed E-state index contributed by atoms with van der Waals surface area (Å²) in [6.45, 7) is 0.637. The summed E-state index contributed by atoms with van der Waals surface area (Å²) in [5, 5.41) is 10.8. The van der Waals surface area contributed by atoms with Gasteiger partial charge in [-0.2, -0.15) is 0 Å². The van der Waals surface area contributed by atoms with Crippen molar-refractivity contribution in [2.75, 3.05) is 5.73 Å². The Morgan fingerprint density at radius 3 is 2.31 bits per heavy atom. The number of anilines is 1. The van der Waals surface area contributed by atoms with Crippen molar-refractivity contribution >= 4 is 28.5 Å². The molecule has 2 N–H and O–H groups in total. The molecule has 0 spiro atoms. The van der Waals surface area contributed by atoms with E-state index in [1.54, 1.807) is 4.57 Å². The van der Waals surface area contributed by atoms with Crippen molar-refractivity contribution in [2.24, 2.45) is 0 Å². The van der Waals surface area contributed by atoms with Gasteiger partial charge in [0.15, 0.2) is 5.78 Å². The van der Waals surface area contributed by atoms with Crippen molar-refractivity contribution in [2.45, 2.75) is 13.1 Å². The van der Waals surface area contributed by atoms with Gasteiger partial charge in [0.2, 0.25) is 0 Å². The fraction of sp³-hybridized carbons (Fsp3) is 0.0909. The van der Waals surface area contributed by atoms with Crippen LogP contribution in [0.25, 0.3) is 11.0 Å². The van der Waals surface area contributed by atoms with Crippen molar-refractivity contribution < 1.29 is 14.3 Å². The van der Waals surface area contributed by atoms with Crippen LogP contribution >= 0.6 is 0 Å². The number of Topliss-reactive ketones (excluding diaryl/α,β-unsaturated/α-hetero) is 1. The zero-order valence-corrected chi connectivity index (χ0v) is 15.6. The normalized spacial score (nSPS) is 10.9. The Balaban J connectivity index is 1.69. The van der Waals surface area contributed by atoms with Crippen LogP contribution in [-0.2, 0) is 13.1 Å². The molecule has 144 valence electrons. The van der Waals surface area contributed by atoms with Gasteiger partial charge in [-0.15, -0.1) is 0 Å². The van der Waals surface area contributed by atoms with E-state index in [-0.39, 0.29) is 18.0 Å². The van der Waals surface area contributed by atoms with Crippen molar-refractivity contribution in [1.29, 1.82) is 0 Å². The van der Waals surface area contributed by atoms with Crippen LogP contribution in [0.5, 0.6) is 0 Å². The molecule has 1 aromatic heterocycles. The van der Waals surface area contributed by atoms with Gasteiger partial charge in [-0.1, -0.05) is 42.5 Å². The lowest BCUT2D eigenvalue weighted by Gasteiger charge is -2.03. The minimum absolute atomic E-state index is 0.0476. The highest BCUT2D eigenvalue weighted by molar-refractivity contribution is 5.97. The Bertz CT molecular complexity index is 1200. The summed E-state index contributed by atoms with van der Waals surface area (Å²) in [5.74, 6) is 0.310. The lowest BCUT2D eigenvalue weighted by molar-refractivity contribution is -0.648. The van der Waals surface area contributed by atoms with Crippen molar-refractivity contribution in [3.63, 3.8) is 0 Å². The zero-order chi connectivity index (χ0) is 20.4. The van der Waals surface area contributed by atoms with E-state index in [1.165, 1.54) is 24.3 Å². The molecule has 0 aliphatic heterocycles. The maximum atomic E-state index is 12.8. The summed E-state index contributed by atoms with van der Waals surface area (Å²) < 4.78 is 3.76. The van der Waals surface area contributed by atoms with Crippen LogP contribution in [-0.4, -0.2) is 15.3 Å². The third-order valence-electron chi connectivity index (χ3n) is 4.90. The van der Waals surface area contributed by atoms with Gasteiger partial charge in [-0.3, -0.25) is 20.6 Å². The minimum atomic E-state index is -0.488. The number of nitrogen functional groups attached to an aromatic ring is 1. The van der Waals surface area contributed by atoms with E-state index < -0.39 is 4.92 Å². The second-order valence-electron chi connectivity index (χ2n) is 6.73. The number of rotatable bonds is 6. The average Bonchev–Trinajstić information content (AvgIpc) is 3.00. The van der Waals surface area contributed by atoms with E-state index in [0.29, 0.717) is 18.1 Å². The first-order valence-corrected chi connectivity index (χ1v) is 9.12. The van der Waals surface area contributed by atoms with E-state index >= 15 is 0 Å². The quantitative estimate of drug-likeness (QED) is 0.238. The molecule has 0 fully saturated rings. The van der Waals surface area contributed by atoms with Crippen LogP contribution < -0.4 is 10.3 Å². The fourth-order valence-corrected chi connectivity index (χ4v) is 3.42. The topological polar surface area (TPSA) is 95.0 Å². The Morgan fingerprint density at radius 2 is 1.62 bits per heavy atom. The second-order valence-corrected chi connectivity index (χ2v) is 6.73. The van der Waals surface area contributed by atoms with Crippen LogP contribution in [0.2, 0.25) is 0 Å². The number of aromatic nitrogens is 2. The number of non-ortho nitro benzene ring substituents is 1. The van der Waals surface area contributed by atoms with E-state index in [2.05, 4.69) is 0 Å². The molecule has 7 nitrogen and oxygen atoms in total. The lowest BCUT2D eigenvalue weighted by atomic mass is 10.1. The predicted octanol–water partition coefficient (Wildman–Crippen LogP) is 3.35. The molecule has 7 heteroatoms. The number of hydrogen-bond acceptors (Lipinski definition) is 4. The molecule has 1 heterocycles. The molecule has 4 aromatic rings. The van der Waals surface area contributed by atoms with Crippen molar-refractivity contribution in [3.8, 4) is 0 Å². The molecule has 0 aliphatic carbocycles. The SMILES string of the molecule is Nc1n(CC(=O)c2ccc([N+](=O)[O-])cc2)c2ccccc2[n+]1Cc1ccccc1. The second kappa shape index (κ2) is 7.55. The summed E-state index contributed by atoms with van der Waals surface area (Å²) >= 11 is 0. The molecule has 0 saturated heterocycles. The van der Waals surface area contributed by atoms with Crippen LogP contribution in [0.3, 0.4) is 0 Å². The predicted molar refractivity (Wildman–Crippen MR) is 110 cm³/mol. The molecule has 29 heavy (non-hydrogen) atoms. The number of nitro benzene ring substituents is 1. The summed E-state index contributed by atoms with van der Waals surface area (Å²) in [4.78, 5) is 23.1. The third-order valence-corrected chi connectivity index (χ3v) is 4.90. The highest BCUT2D eigenvalue weighted by atomic mass is 16.6. The molecule has 0 saturated carbocycles. The molecular formula is C22H19N4O3+. The van der Waals surface area contributed by atoms with Crippen LogP contribution in [0.1, 0.15) is 15.9 Å². The molecule has 3 aromatic carbocycles. The molecule has 4 rings (SSSR count). The van der Waals surface area contributed by atoms with Crippen LogP contribution in [0.15, 0.2) is 78.9 Å². The number of hydrogen-bond donors (Lipinski definition) is 1. The van der Waals surface area contributed by atoms with Crippen molar-refractivity contribution in [3.05, 3.63) is 100 Å². The maximum absolute atomic E-state index is 12.8. The average molecular weight is 387 g/mol. The van der Waals surface area contributed by atoms with Gasteiger partial charge in [-0.25, -0.2) is 9.13 Å². The standard InChI is InChI=1S/C22H18N4O3/c23-22-24(14-16-6-2-1-3-7-16)19-8-4-5-9-20(19)25(22)15-21(27)17-10-12-18(13-11-17)26(28)29/h1-13,23H,14-15H2/p+1. The van der Waals surface area contributed by atoms with Gasteiger partial charge in [-0.05, 0) is 29.8 Å². The monoisotopic (exact) mass is 387 g/mol. The molecule has 0 unspecified atom stereocenters. The van der Waals surface area contributed by atoms with Gasteiger partial charge in [0.1, 0.15) is 17.6 Å². The number of fused-ring (bicyclic) bond motifs is 1. The smallest absolute Gasteiger partial charge is 0.291 e. The number of benzene rings is 3. The fourth-order valence-electron chi connectivity index (χ4n) is 3.42. The van der Waals surface area contributed by atoms with Crippen LogP contribution in [0, 0.1) is 10.1 Å². The highest BCUT2D eigenvalue weighted by Gasteiger charge is 2.23. The Kier molecular flexibility index (Phi) is 4.78. The van der Waals surface area contributed by atoms with E-state index in [9.17, 15) is 14.9 Å². The first-order chi connectivity index (χ1) is 14.0. The molecule has 0 amide bonds. The number of imidazole rings is 1. The molecule has 0 radical (unpaired) electrons. The summed E-state index contributed by atoms with van der Waals surface area (Å²) in [6, 6.07) is 23.3. The first-order valence-electron chi connectivity index (χ1n) is 9.12. The lowest BCUT2D eigenvalue weighted by Crippen LogP contribution is -2.37. The number of nitrogens with zero attached hydrogens (tertiary/aromatic N) is 3. The molecule has 0 aliphatic rings. The van der Waals surface area contributed by atoms with E-state index in [1.807, 2.05) is 59.2 Å². The number of nitrogens with two attached hydrogens (primary N) is 1. The number of ketones is 1. The third kappa shape index (κ3) is 3.58. The summed E-state index contributed by atoms with van der Waals surface area (Å²) in [6.07, 6.45) is 0. The first kappa shape index (κ1) is 18.4. The van der Waals surface area contributed by atoms with E-state index in [0.717, 1.165) is 16.6 Å². The Labute approximate surface area is 166 Å². The van der Waals surface area contributed by atoms with Gasteiger partial charge in [0, 0.05) is 17.7 Å². The van der Waals surface area contributed by atoms with Crippen molar-refractivity contribution in [1.82, 2.24) is 4.57 Å². The number of para-hydroxylation sites is 2. The maximum Gasteiger partial charge on any atom is 0.356 e. The number of carbonyl (C=O) groups excluding carboxylic acids is 1. The summed E-state index contributed by atoms with van der Waals surface area (Å²) in [5.41, 5.74) is 9.69. The van der Waals surface area contributed by atoms with Gasteiger partial charge in [0.25, 0.3) is 5.69 Å². The zero-order valence-electron chi connectivity index (χ0n) is 15.6. The van der Waals surface area contributed by atoms with E-state index in [4.69, 9.17) is 5.73 Å². The number of nitro groups is 1. The van der Waals surface area contributed by atoms with Crippen LogP contribution in [0.4, 0.5) is 11.6 Å². The summed E-state index contributed by atoms with van der Waals surface area (Å²) in [7, 11) is 0. The molecule has 0 atom stereocenters. The largest absolute Gasteiger partial charge is 0.356 e. The highest BCUT2D eigenvalue weighted by Crippen LogP contribution is 2.19. The minimum Gasteiger partial charge on any atom is -0.291 e. The molecular weight excluding hydrogens is 368 g/mol. The van der Waals surface area contributed by atoms with Gasteiger partial charge < -0.3 is 0 Å².